The van der Waals surface area contributed by atoms with Crippen LogP contribution in [-0.4, -0.2) is 29.0 Å². The molecule has 0 spiro atoms. The molecule has 0 aromatic carbocycles. The summed E-state index contributed by atoms with van der Waals surface area (Å²) in [5.74, 6) is 0. The highest BCUT2D eigenvalue weighted by atomic mass is 32.2. The number of amides is 1. The molecule has 0 radical (unpaired) electrons. The Hall–Kier alpha value is -0.960. The van der Waals surface area contributed by atoms with E-state index in [0.29, 0.717) is 0 Å². The first-order chi connectivity index (χ1) is 9.70. The maximum atomic E-state index is 11.8. The van der Waals surface area contributed by atoms with E-state index in [9.17, 15) is 4.79 Å². The maximum Gasteiger partial charge on any atom is 0.281 e. The highest BCUT2D eigenvalue weighted by Crippen LogP contribution is 2.33. The first kappa shape index (κ1) is 20.0. The second kappa shape index (κ2) is 9.88. The average Bonchev–Trinajstić information content (AvgIpc) is 2.38. The molecule has 3 heteroatoms. The molecule has 0 aliphatic rings. The van der Waals surface area contributed by atoms with Crippen LogP contribution in [-0.2, 0) is 0 Å². The van der Waals surface area contributed by atoms with E-state index in [1.165, 1.54) is 22.9 Å². The lowest BCUT2D eigenvalue weighted by atomic mass is 10.0. The molecular weight excluding hydrogens is 278 g/mol. The van der Waals surface area contributed by atoms with Crippen LogP contribution in [0.25, 0.3) is 0 Å². The van der Waals surface area contributed by atoms with E-state index in [-0.39, 0.29) is 9.99 Å². The molecule has 120 valence electrons. The lowest BCUT2D eigenvalue weighted by Crippen LogP contribution is -2.25. The third kappa shape index (κ3) is 9.57. The number of carbonyl (C=O) groups excluding carboxylic acids is 1. The molecule has 1 unspecified atom stereocenters. The van der Waals surface area contributed by atoms with E-state index in [1.807, 2.05) is 6.08 Å². The van der Waals surface area contributed by atoms with Crippen LogP contribution < -0.4 is 0 Å². The lowest BCUT2D eigenvalue weighted by Gasteiger charge is -2.25. The van der Waals surface area contributed by atoms with Gasteiger partial charge in [-0.2, -0.15) is 0 Å². The Bertz CT molecular complexity index is 405. The zero-order valence-corrected chi connectivity index (χ0v) is 15.3. The van der Waals surface area contributed by atoms with Gasteiger partial charge >= 0.3 is 0 Å². The van der Waals surface area contributed by atoms with Crippen molar-refractivity contribution in [2.45, 2.75) is 58.1 Å². The molecule has 1 amide bonds. The molecule has 0 aliphatic heterocycles. The van der Waals surface area contributed by atoms with Crippen LogP contribution in [0.1, 0.15) is 53.4 Å². The summed E-state index contributed by atoms with van der Waals surface area (Å²) < 4.78 is -0.196. The predicted octanol–water partition coefficient (Wildman–Crippen LogP) is 5.82. The first-order valence-electron chi connectivity index (χ1n) is 7.53. The molecule has 2 nitrogen and oxygen atoms in total. The largest absolute Gasteiger partial charge is 0.340 e. The molecule has 0 bridgehead atoms. The van der Waals surface area contributed by atoms with Gasteiger partial charge in [0, 0.05) is 18.8 Å². The lowest BCUT2D eigenvalue weighted by molar-refractivity contribution is 0.241. The Morgan fingerprint density at radius 3 is 2.29 bits per heavy atom. The Morgan fingerprint density at radius 1 is 1.19 bits per heavy atom. The van der Waals surface area contributed by atoms with Crippen molar-refractivity contribution in [1.82, 2.24) is 4.90 Å². The van der Waals surface area contributed by atoms with Crippen molar-refractivity contribution in [3.63, 3.8) is 0 Å². The van der Waals surface area contributed by atoms with Gasteiger partial charge in [0.05, 0.1) is 0 Å². The van der Waals surface area contributed by atoms with Gasteiger partial charge < -0.3 is 4.90 Å². The Morgan fingerprint density at radius 2 is 1.81 bits per heavy atom. The van der Waals surface area contributed by atoms with E-state index >= 15 is 0 Å². The molecule has 0 aromatic rings. The summed E-state index contributed by atoms with van der Waals surface area (Å²) in [4.78, 5) is 13.5. The van der Waals surface area contributed by atoms with Crippen LogP contribution >= 0.6 is 11.8 Å². The summed E-state index contributed by atoms with van der Waals surface area (Å²) in [5, 5.41) is 0.0849. The summed E-state index contributed by atoms with van der Waals surface area (Å²) in [6.07, 6.45) is 10.6. The van der Waals surface area contributed by atoms with Crippen LogP contribution in [0.4, 0.5) is 4.79 Å². The second-order valence-electron chi connectivity index (χ2n) is 6.19. The van der Waals surface area contributed by atoms with Crippen molar-refractivity contribution >= 4 is 17.0 Å². The van der Waals surface area contributed by atoms with E-state index in [0.717, 1.165) is 25.7 Å². The summed E-state index contributed by atoms with van der Waals surface area (Å²) in [7, 11) is 3.57. The normalized spacial score (nSPS) is 14.3. The fourth-order valence-corrected chi connectivity index (χ4v) is 2.67. The van der Waals surface area contributed by atoms with Gasteiger partial charge in [-0.1, -0.05) is 41.1 Å². The van der Waals surface area contributed by atoms with E-state index < -0.39 is 0 Å². The molecule has 0 heterocycles. The maximum absolute atomic E-state index is 11.8. The number of rotatable bonds is 8. The Kier molecular flexibility index (Phi) is 9.43. The number of hydrogen-bond acceptors (Lipinski definition) is 2. The van der Waals surface area contributed by atoms with Crippen LogP contribution in [0, 0.1) is 0 Å². The van der Waals surface area contributed by atoms with Crippen LogP contribution in [0.15, 0.2) is 36.0 Å². The van der Waals surface area contributed by atoms with Crippen molar-refractivity contribution in [2.75, 3.05) is 14.1 Å². The molecule has 0 aliphatic carbocycles. The van der Waals surface area contributed by atoms with Gasteiger partial charge in [0.2, 0.25) is 0 Å². The number of nitrogens with zero attached hydrogens (tertiary/aromatic N) is 1. The quantitative estimate of drug-likeness (QED) is 0.527. The standard InChI is InChI=1S/C18H31NOS/c1-8-18(5,21-17(20)19(6)7)14-10-13-16(4)12-9-11-15(2)3/h8,11,13H,1,9-10,12,14H2,2-7H3/b16-13+. The molecular formula is C18H31NOS. The molecule has 21 heavy (non-hydrogen) atoms. The van der Waals surface area contributed by atoms with Gasteiger partial charge in [-0.05, 0) is 53.4 Å². The summed E-state index contributed by atoms with van der Waals surface area (Å²) in [5.41, 5.74) is 2.79. The molecule has 0 saturated carbocycles. The van der Waals surface area contributed by atoms with Gasteiger partial charge in [-0.25, -0.2) is 0 Å². The van der Waals surface area contributed by atoms with Crippen molar-refractivity contribution in [2.24, 2.45) is 0 Å². The zero-order valence-electron chi connectivity index (χ0n) is 14.5. The van der Waals surface area contributed by atoms with Crippen molar-refractivity contribution in [3.05, 3.63) is 36.0 Å². The van der Waals surface area contributed by atoms with Gasteiger partial charge in [-0.3, -0.25) is 4.79 Å². The topological polar surface area (TPSA) is 20.3 Å². The van der Waals surface area contributed by atoms with Crippen molar-refractivity contribution < 1.29 is 4.79 Å². The Labute approximate surface area is 135 Å². The van der Waals surface area contributed by atoms with Gasteiger partial charge in [0.15, 0.2) is 0 Å². The third-order valence-electron chi connectivity index (χ3n) is 3.34. The second-order valence-corrected chi connectivity index (χ2v) is 7.67. The number of allylic oxidation sites excluding steroid dienone is 4. The first-order valence-corrected chi connectivity index (χ1v) is 8.34. The monoisotopic (exact) mass is 309 g/mol. The van der Waals surface area contributed by atoms with Gasteiger partial charge in [0.25, 0.3) is 5.24 Å². The zero-order chi connectivity index (χ0) is 16.5. The van der Waals surface area contributed by atoms with Gasteiger partial charge in [0.1, 0.15) is 0 Å². The Balaban J connectivity index is 4.35. The minimum Gasteiger partial charge on any atom is -0.340 e. The number of carbonyl (C=O) groups is 1. The minimum atomic E-state index is -0.196. The predicted molar refractivity (Wildman–Crippen MR) is 96.9 cm³/mol. The highest BCUT2D eigenvalue weighted by molar-refractivity contribution is 8.14. The van der Waals surface area contributed by atoms with E-state index in [2.05, 4.69) is 46.4 Å². The summed E-state index contributed by atoms with van der Waals surface area (Å²) in [6.45, 7) is 12.4. The fourth-order valence-electron chi connectivity index (χ4n) is 1.78. The summed E-state index contributed by atoms with van der Waals surface area (Å²) >= 11 is 1.36. The third-order valence-corrected chi connectivity index (χ3v) is 4.72. The molecule has 0 rings (SSSR count). The molecule has 0 fully saturated rings. The SMILES string of the molecule is C=CC(C)(CC/C=C(\C)CCC=C(C)C)SC(=O)N(C)C. The molecule has 0 saturated heterocycles. The van der Waals surface area contributed by atoms with Crippen molar-refractivity contribution in [1.29, 1.82) is 0 Å². The molecule has 0 N–H and O–H groups in total. The van der Waals surface area contributed by atoms with Crippen LogP contribution in [0.5, 0.6) is 0 Å². The fraction of sp³-hybridized carbons (Fsp3) is 0.611. The summed E-state index contributed by atoms with van der Waals surface area (Å²) in [6, 6.07) is 0. The number of thioether (sulfide) groups is 1. The average molecular weight is 310 g/mol. The van der Waals surface area contributed by atoms with Crippen molar-refractivity contribution in [3.8, 4) is 0 Å². The smallest absolute Gasteiger partial charge is 0.281 e. The van der Waals surface area contributed by atoms with E-state index in [4.69, 9.17) is 0 Å². The molecule has 1 atom stereocenters. The van der Waals surface area contributed by atoms with Crippen LogP contribution in [0.2, 0.25) is 0 Å². The minimum absolute atomic E-state index is 0.0849. The highest BCUT2D eigenvalue weighted by Gasteiger charge is 2.25. The van der Waals surface area contributed by atoms with Crippen LogP contribution in [0.3, 0.4) is 0 Å². The molecule has 0 aromatic heterocycles. The van der Waals surface area contributed by atoms with E-state index in [1.54, 1.807) is 19.0 Å². The number of hydrogen-bond donors (Lipinski definition) is 0. The van der Waals surface area contributed by atoms with Gasteiger partial charge in [-0.15, -0.1) is 6.58 Å².